The maximum absolute atomic E-state index is 13.6. The zero-order valence-electron chi connectivity index (χ0n) is 32.9. The molecule has 1 aliphatic heterocycles. The molecule has 1 aliphatic rings. The van der Waals surface area contributed by atoms with Gasteiger partial charge in [0.25, 0.3) is 0 Å². The summed E-state index contributed by atoms with van der Waals surface area (Å²) in [6, 6.07) is 32.1. The lowest BCUT2D eigenvalue weighted by Gasteiger charge is -2.26. The summed E-state index contributed by atoms with van der Waals surface area (Å²) in [7, 11) is 0. The maximum atomic E-state index is 13.6. The Balaban J connectivity index is 1.21. The highest BCUT2D eigenvalue weighted by atomic mass is 35.5. The van der Waals surface area contributed by atoms with Crippen LogP contribution in [0.2, 0.25) is 5.02 Å². The second kappa shape index (κ2) is 17.6. The number of benzene rings is 4. The van der Waals surface area contributed by atoms with Gasteiger partial charge in [-0.05, 0) is 92.8 Å². The van der Waals surface area contributed by atoms with E-state index in [-0.39, 0.29) is 22.7 Å². The molecule has 5 aromatic rings. The van der Waals surface area contributed by atoms with Crippen LogP contribution >= 0.6 is 23.4 Å². The zero-order chi connectivity index (χ0) is 39.2. The largest absolute Gasteiger partial charge is 0.491 e. The fraction of sp³-hybridized carbons (Fsp3) is 0.391. The molecule has 1 fully saturated rings. The second-order valence-corrected chi connectivity index (χ2v) is 18.2. The summed E-state index contributed by atoms with van der Waals surface area (Å²) >= 11 is 8.06. The summed E-state index contributed by atoms with van der Waals surface area (Å²) in [4.78, 5) is 29.9. The summed E-state index contributed by atoms with van der Waals surface area (Å²) in [6.45, 7) is 15.0. The van der Waals surface area contributed by atoms with E-state index in [1.165, 1.54) is 0 Å². The van der Waals surface area contributed by atoms with E-state index in [0.29, 0.717) is 44.2 Å². The summed E-state index contributed by atoms with van der Waals surface area (Å²) in [6.07, 6.45) is 2.69. The molecule has 9 heteroatoms. The molecule has 0 radical (unpaired) electrons. The molecule has 0 bridgehead atoms. The van der Waals surface area contributed by atoms with E-state index in [2.05, 4.69) is 37.5 Å². The number of nitrogens with zero attached hydrogens (tertiary/aromatic N) is 2. The first-order valence-corrected chi connectivity index (χ1v) is 20.4. The highest BCUT2D eigenvalue weighted by molar-refractivity contribution is 8.00. The molecule has 290 valence electrons. The lowest BCUT2D eigenvalue weighted by Crippen LogP contribution is -2.39. The molecule has 6 rings (SSSR count). The van der Waals surface area contributed by atoms with Crippen LogP contribution in [0.5, 0.6) is 11.5 Å². The molecule has 1 saturated heterocycles. The van der Waals surface area contributed by atoms with Crippen LogP contribution < -0.4 is 9.47 Å². The average Bonchev–Trinajstić information content (AvgIpc) is 3.73. The minimum absolute atomic E-state index is 0.00413. The third kappa shape index (κ3) is 10.5. The quantitative estimate of drug-likeness (QED) is 0.0778. The molecule has 0 saturated carbocycles. The first kappa shape index (κ1) is 40.3. The Kier molecular flexibility index (Phi) is 12.9. The first-order valence-electron chi connectivity index (χ1n) is 19.2. The SMILES string of the molecule is CCOC(=O)C(C)(C)Cc1c(SC(C)(C)C)c2cc(OCC3CCCN3C(=O)Cc3ccc(OCc4ccccc4)cc3)ccc2n1Cc1ccc(Cl)cc1. The summed E-state index contributed by atoms with van der Waals surface area (Å²) in [5.74, 6) is 1.43. The first-order chi connectivity index (χ1) is 26.3. The van der Waals surface area contributed by atoms with E-state index in [0.717, 1.165) is 69.1 Å². The molecule has 55 heavy (non-hydrogen) atoms. The number of halogens is 1. The number of hydrogen-bond donors (Lipinski definition) is 0. The molecule has 0 spiro atoms. The van der Waals surface area contributed by atoms with Gasteiger partial charge in [0.15, 0.2) is 0 Å². The number of likely N-dealkylation sites (tertiary alicyclic amines) is 1. The third-order valence-corrected chi connectivity index (χ3v) is 11.4. The van der Waals surface area contributed by atoms with Gasteiger partial charge >= 0.3 is 5.97 Å². The van der Waals surface area contributed by atoms with Gasteiger partial charge in [-0.1, -0.05) is 87.0 Å². The van der Waals surface area contributed by atoms with E-state index in [4.69, 9.17) is 25.8 Å². The normalized spacial score (nSPS) is 14.7. The van der Waals surface area contributed by atoms with Gasteiger partial charge in [-0.25, -0.2) is 0 Å². The van der Waals surface area contributed by atoms with Gasteiger partial charge in [-0.2, -0.15) is 0 Å². The molecule has 1 unspecified atom stereocenters. The molecular weight excluding hydrogens is 728 g/mol. The van der Waals surface area contributed by atoms with Crippen LogP contribution in [0.3, 0.4) is 0 Å². The number of carbonyl (C=O) groups excluding carboxylic acids is 2. The van der Waals surface area contributed by atoms with E-state index in [1.54, 1.807) is 11.8 Å². The van der Waals surface area contributed by atoms with Gasteiger partial charge in [-0.3, -0.25) is 9.59 Å². The predicted octanol–water partition coefficient (Wildman–Crippen LogP) is 10.6. The number of amides is 1. The van der Waals surface area contributed by atoms with Gasteiger partial charge in [-0.15, -0.1) is 11.8 Å². The lowest BCUT2D eigenvalue weighted by atomic mass is 9.87. The summed E-state index contributed by atoms with van der Waals surface area (Å²) in [5, 5.41) is 1.77. The average molecular weight is 781 g/mol. The van der Waals surface area contributed by atoms with E-state index in [1.807, 2.05) is 111 Å². The van der Waals surface area contributed by atoms with Crippen molar-refractivity contribution in [3.05, 3.63) is 124 Å². The molecule has 0 aliphatic carbocycles. The number of ether oxygens (including phenoxy) is 3. The molecule has 1 atom stereocenters. The van der Waals surface area contributed by atoms with Crippen LogP contribution in [0, 0.1) is 5.41 Å². The number of aromatic nitrogens is 1. The van der Waals surface area contributed by atoms with Crippen molar-refractivity contribution in [2.45, 2.75) is 96.1 Å². The van der Waals surface area contributed by atoms with Gasteiger partial charge in [0.2, 0.25) is 5.91 Å². The fourth-order valence-corrected chi connectivity index (χ4v) is 8.37. The fourth-order valence-electron chi connectivity index (χ4n) is 7.06. The van der Waals surface area contributed by atoms with Crippen molar-refractivity contribution in [2.24, 2.45) is 5.41 Å². The van der Waals surface area contributed by atoms with E-state index in [9.17, 15) is 9.59 Å². The van der Waals surface area contributed by atoms with Crippen LogP contribution in [0.1, 0.15) is 76.8 Å². The molecule has 4 aromatic carbocycles. The Morgan fingerprint density at radius 3 is 2.22 bits per heavy atom. The number of rotatable bonds is 15. The Bertz CT molecular complexity index is 2070. The number of hydrogen-bond acceptors (Lipinski definition) is 6. The van der Waals surface area contributed by atoms with Crippen LogP contribution in [-0.2, 0) is 40.3 Å². The van der Waals surface area contributed by atoms with Crippen LogP contribution in [0.4, 0.5) is 0 Å². The molecule has 1 amide bonds. The van der Waals surface area contributed by atoms with Gasteiger partial charge in [0.1, 0.15) is 24.7 Å². The zero-order valence-corrected chi connectivity index (χ0v) is 34.5. The van der Waals surface area contributed by atoms with Gasteiger partial charge in [0.05, 0.1) is 24.5 Å². The topological polar surface area (TPSA) is 70.0 Å². The minimum Gasteiger partial charge on any atom is -0.491 e. The Hall–Kier alpha value is -4.40. The van der Waals surface area contributed by atoms with Crippen molar-refractivity contribution in [3.8, 4) is 11.5 Å². The highest BCUT2D eigenvalue weighted by Gasteiger charge is 2.34. The van der Waals surface area contributed by atoms with Gasteiger partial charge < -0.3 is 23.7 Å². The number of carbonyl (C=O) groups is 2. The van der Waals surface area contributed by atoms with Crippen molar-refractivity contribution in [3.63, 3.8) is 0 Å². The van der Waals surface area contributed by atoms with Crippen LogP contribution in [0.25, 0.3) is 10.9 Å². The summed E-state index contributed by atoms with van der Waals surface area (Å²) in [5.41, 5.74) is 4.60. The number of esters is 1. The van der Waals surface area contributed by atoms with E-state index >= 15 is 0 Å². The maximum Gasteiger partial charge on any atom is 0.311 e. The van der Waals surface area contributed by atoms with Crippen molar-refractivity contribution in [2.75, 3.05) is 19.8 Å². The predicted molar refractivity (Wildman–Crippen MR) is 223 cm³/mol. The second-order valence-electron chi connectivity index (χ2n) is 16.0. The van der Waals surface area contributed by atoms with Crippen LogP contribution in [-0.4, -0.2) is 51.9 Å². The molecule has 0 N–H and O–H groups in total. The molecule has 2 heterocycles. The number of fused-ring (bicyclic) bond motifs is 1. The van der Waals surface area contributed by atoms with E-state index < -0.39 is 5.41 Å². The monoisotopic (exact) mass is 780 g/mol. The van der Waals surface area contributed by atoms with Crippen molar-refractivity contribution >= 4 is 46.1 Å². The van der Waals surface area contributed by atoms with Gasteiger partial charge in [0, 0.05) is 50.8 Å². The Morgan fingerprint density at radius 2 is 1.53 bits per heavy atom. The molecule has 7 nitrogen and oxygen atoms in total. The standard InChI is InChI=1S/C46H53ClN2O5S/c1-7-52-44(51)46(5,6)28-41-43(55-45(2,3)4)39-27-38(23-24-40(39)49(41)29-33-15-19-35(47)20-16-33)54-31-36-14-11-25-48(36)42(50)26-32-17-21-37(22-18-32)53-30-34-12-9-8-10-13-34/h8-10,12-13,15-24,27,36H,7,11,14,25-26,28-31H2,1-6H3. The highest BCUT2D eigenvalue weighted by Crippen LogP contribution is 2.44. The smallest absolute Gasteiger partial charge is 0.311 e. The van der Waals surface area contributed by atoms with Crippen molar-refractivity contribution in [1.82, 2.24) is 9.47 Å². The third-order valence-electron chi connectivity index (χ3n) is 9.86. The minimum atomic E-state index is -0.745. The van der Waals surface area contributed by atoms with Crippen molar-refractivity contribution < 1.29 is 23.8 Å². The Morgan fingerprint density at radius 1 is 0.836 bits per heavy atom. The molecular formula is C46H53ClN2O5S. The number of thioether (sulfide) groups is 1. The summed E-state index contributed by atoms with van der Waals surface area (Å²) < 4.78 is 20.2. The molecule has 1 aromatic heterocycles. The van der Waals surface area contributed by atoms with Crippen LogP contribution in [0.15, 0.2) is 102 Å². The Labute approximate surface area is 335 Å². The lowest BCUT2D eigenvalue weighted by molar-refractivity contribution is -0.153. The van der Waals surface area contributed by atoms with Crippen molar-refractivity contribution in [1.29, 1.82) is 0 Å².